The smallest absolute Gasteiger partial charge is 0.228 e. The molecule has 3 aliphatic rings. The third-order valence-corrected chi connectivity index (χ3v) is 6.15. The molecule has 3 fully saturated rings. The Balaban J connectivity index is 1.62. The van der Waals surface area contributed by atoms with E-state index in [2.05, 4.69) is 16.7 Å². The third kappa shape index (κ3) is 3.72. The number of carbonyl (C=O) groups is 2. The van der Waals surface area contributed by atoms with Crippen LogP contribution < -0.4 is 0 Å². The number of amides is 2. The molecule has 0 aromatic heterocycles. The van der Waals surface area contributed by atoms with Crippen molar-refractivity contribution in [1.82, 2.24) is 9.80 Å². The second kappa shape index (κ2) is 7.67. The summed E-state index contributed by atoms with van der Waals surface area (Å²) >= 11 is 0. The Morgan fingerprint density at radius 3 is 2.43 bits per heavy atom. The summed E-state index contributed by atoms with van der Waals surface area (Å²) in [5.41, 5.74) is 0. The molecule has 0 bridgehead atoms. The van der Waals surface area contributed by atoms with Crippen molar-refractivity contribution in [1.29, 1.82) is 0 Å². The molecule has 1 saturated carbocycles. The molecule has 2 atom stereocenters. The van der Waals surface area contributed by atoms with E-state index in [-0.39, 0.29) is 17.7 Å². The quantitative estimate of drug-likeness (QED) is 0.748. The normalized spacial score (nSPS) is 30.6. The number of hydrogen-bond acceptors (Lipinski definition) is 2. The summed E-state index contributed by atoms with van der Waals surface area (Å²) in [7, 11) is 0. The van der Waals surface area contributed by atoms with E-state index < -0.39 is 0 Å². The molecular formula is C19H32N2O2. The first-order chi connectivity index (χ1) is 11.2. The molecule has 0 N–H and O–H groups in total. The molecule has 0 spiro atoms. The Morgan fingerprint density at radius 1 is 1.04 bits per heavy atom. The molecular weight excluding hydrogens is 288 g/mol. The van der Waals surface area contributed by atoms with Crippen LogP contribution in [-0.2, 0) is 9.59 Å². The van der Waals surface area contributed by atoms with E-state index in [1.165, 1.54) is 32.1 Å². The highest BCUT2D eigenvalue weighted by atomic mass is 16.2. The summed E-state index contributed by atoms with van der Waals surface area (Å²) < 4.78 is 0. The minimum Gasteiger partial charge on any atom is -0.339 e. The molecule has 2 saturated heterocycles. The van der Waals surface area contributed by atoms with Crippen LogP contribution in [-0.4, -0.2) is 46.8 Å². The number of rotatable bonds is 3. The van der Waals surface area contributed by atoms with Crippen LogP contribution in [0.15, 0.2) is 0 Å². The van der Waals surface area contributed by atoms with Crippen molar-refractivity contribution in [2.45, 2.75) is 89.6 Å². The van der Waals surface area contributed by atoms with E-state index >= 15 is 0 Å². The first kappa shape index (κ1) is 16.8. The first-order valence-corrected chi connectivity index (χ1v) is 9.80. The molecule has 0 aromatic rings. The molecule has 2 aliphatic heterocycles. The Kier molecular flexibility index (Phi) is 5.60. The lowest BCUT2D eigenvalue weighted by Gasteiger charge is -2.37. The molecule has 2 unspecified atom stereocenters. The zero-order valence-corrected chi connectivity index (χ0v) is 14.6. The number of nitrogens with zero attached hydrogens (tertiary/aromatic N) is 2. The van der Waals surface area contributed by atoms with Gasteiger partial charge >= 0.3 is 0 Å². The average molecular weight is 320 g/mol. The molecule has 0 radical (unpaired) electrons. The van der Waals surface area contributed by atoms with E-state index in [9.17, 15) is 9.59 Å². The molecule has 2 amide bonds. The molecule has 0 aromatic carbocycles. The van der Waals surface area contributed by atoms with Crippen molar-refractivity contribution in [2.75, 3.05) is 13.1 Å². The maximum absolute atomic E-state index is 13.0. The topological polar surface area (TPSA) is 40.6 Å². The van der Waals surface area contributed by atoms with Crippen molar-refractivity contribution in [2.24, 2.45) is 5.92 Å². The SMILES string of the molecule is CCC1CCCCN1C(=O)C1CC(=O)N(C2CCCCCC2)C1. The highest BCUT2D eigenvalue weighted by molar-refractivity contribution is 5.89. The zero-order valence-electron chi connectivity index (χ0n) is 14.6. The van der Waals surface area contributed by atoms with Crippen molar-refractivity contribution >= 4 is 11.8 Å². The highest BCUT2D eigenvalue weighted by Gasteiger charge is 2.40. The number of carbonyl (C=O) groups excluding carboxylic acids is 2. The predicted octanol–water partition coefficient (Wildman–Crippen LogP) is 3.35. The van der Waals surface area contributed by atoms with E-state index in [1.807, 2.05) is 0 Å². The fourth-order valence-corrected chi connectivity index (χ4v) is 4.77. The van der Waals surface area contributed by atoms with Crippen LogP contribution in [0.5, 0.6) is 0 Å². The van der Waals surface area contributed by atoms with Gasteiger partial charge in [0.15, 0.2) is 0 Å². The lowest BCUT2D eigenvalue weighted by molar-refractivity contribution is -0.139. The average Bonchev–Trinajstić information content (AvgIpc) is 2.79. The fraction of sp³-hybridized carbons (Fsp3) is 0.895. The maximum Gasteiger partial charge on any atom is 0.228 e. The minimum absolute atomic E-state index is 0.0853. The highest BCUT2D eigenvalue weighted by Crippen LogP contribution is 2.30. The van der Waals surface area contributed by atoms with Gasteiger partial charge in [0.1, 0.15) is 0 Å². The number of hydrogen-bond donors (Lipinski definition) is 0. The van der Waals surface area contributed by atoms with Crippen LogP contribution in [0.25, 0.3) is 0 Å². The Hall–Kier alpha value is -1.06. The monoisotopic (exact) mass is 320 g/mol. The largest absolute Gasteiger partial charge is 0.339 e. The van der Waals surface area contributed by atoms with Crippen molar-refractivity contribution < 1.29 is 9.59 Å². The fourth-order valence-electron chi connectivity index (χ4n) is 4.77. The van der Waals surface area contributed by atoms with Gasteiger partial charge in [-0.15, -0.1) is 0 Å². The molecule has 3 rings (SSSR count). The van der Waals surface area contributed by atoms with Crippen LogP contribution >= 0.6 is 0 Å². The van der Waals surface area contributed by atoms with Gasteiger partial charge < -0.3 is 9.80 Å². The van der Waals surface area contributed by atoms with Gasteiger partial charge in [0.25, 0.3) is 0 Å². The maximum atomic E-state index is 13.0. The number of piperidine rings is 1. The summed E-state index contributed by atoms with van der Waals surface area (Å²) in [6.07, 6.45) is 12.3. The molecule has 4 nitrogen and oxygen atoms in total. The first-order valence-electron chi connectivity index (χ1n) is 9.80. The van der Waals surface area contributed by atoms with Crippen LogP contribution in [0.1, 0.15) is 77.6 Å². The Bertz CT molecular complexity index is 429. The van der Waals surface area contributed by atoms with Crippen LogP contribution in [0, 0.1) is 5.92 Å². The van der Waals surface area contributed by atoms with Gasteiger partial charge in [-0.3, -0.25) is 9.59 Å². The van der Waals surface area contributed by atoms with Gasteiger partial charge in [0, 0.05) is 31.6 Å². The molecule has 23 heavy (non-hydrogen) atoms. The second-order valence-corrected chi connectivity index (χ2v) is 7.68. The summed E-state index contributed by atoms with van der Waals surface area (Å²) in [6, 6.07) is 0.796. The molecule has 4 heteroatoms. The van der Waals surface area contributed by atoms with Gasteiger partial charge in [-0.2, -0.15) is 0 Å². The van der Waals surface area contributed by atoms with Crippen LogP contribution in [0.3, 0.4) is 0 Å². The van der Waals surface area contributed by atoms with E-state index in [0.29, 0.717) is 25.0 Å². The van der Waals surface area contributed by atoms with Crippen LogP contribution in [0.4, 0.5) is 0 Å². The van der Waals surface area contributed by atoms with Crippen molar-refractivity contribution in [3.8, 4) is 0 Å². The molecule has 1 aliphatic carbocycles. The lowest BCUT2D eigenvalue weighted by atomic mass is 9.97. The second-order valence-electron chi connectivity index (χ2n) is 7.68. The molecule has 2 heterocycles. The van der Waals surface area contributed by atoms with Gasteiger partial charge in [0.2, 0.25) is 11.8 Å². The summed E-state index contributed by atoms with van der Waals surface area (Å²) in [5, 5.41) is 0. The zero-order chi connectivity index (χ0) is 16.2. The minimum atomic E-state index is -0.0853. The lowest BCUT2D eigenvalue weighted by Crippen LogP contribution is -2.47. The van der Waals surface area contributed by atoms with E-state index in [4.69, 9.17) is 0 Å². The summed E-state index contributed by atoms with van der Waals surface area (Å²) in [4.78, 5) is 29.6. The standard InChI is InChI=1S/C19H32N2O2/c1-2-16-9-7-8-12-20(16)19(23)15-13-18(22)21(14-15)17-10-5-3-4-6-11-17/h15-17H,2-14H2,1H3. The van der Waals surface area contributed by atoms with Gasteiger partial charge in [0.05, 0.1) is 5.92 Å². The summed E-state index contributed by atoms with van der Waals surface area (Å²) in [5.74, 6) is 0.388. The van der Waals surface area contributed by atoms with Gasteiger partial charge in [-0.25, -0.2) is 0 Å². The van der Waals surface area contributed by atoms with Crippen LogP contribution in [0.2, 0.25) is 0 Å². The third-order valence-electron chi connectivity index (χ3n) is 6.15. The number of likely N-dealkylation sites (tertiary alicyclic amines) is 2. The Labute approximate surface area is 140 Å². The summed E-state index contributed by atoms with van der Waals surface area (Å²) in [6.45, 7) is 3.74. The van der Waals surface area contributed by atoms with Gasteiger partial charge in [-0.1, -0.05) is 32.6 Å². The molecule has 130 valence electrons. The Morgan fingerprint density at radius 2 is 1.74 bits per heavy atom. The van der Waals surface area contributed by atoms with Gasteiger partial charge in [-0.05, 0) is 38.5 Å². The van der Waals surface area contributed by atoms with Crippen molar-refractivity contribution in [3.63, 3.8) is 0 Å². The van der Waals surface area contributed by atoms with Crippen molar-refractivity contribution in [3.05, 3.63) is 0 Å². The van der Waals surface area contributed by atoms with E-state index in [1.54, 1.807) is 0 Å². The predicted molar refractivity (Wildman–Crippen MR) is 91.0 cm³/mol. The van der Waals surface area contributed by atoms with E-state index in [0.717, 1.165) is 38.6 Å².